The van der Waals surface area contributed by atoms with E-state index in [-0.39, 0.29) is 23.3 Å². The first-order valence-corrected chi connectivity index (χ1v) is 5.78. The Balaban J connectivity index is 2.07. The van der Waals surface area contributed by atoms with Gasteiger partial charge in [-0.2, -0.15) is 0 Å². The van der Waals surface area contributed by atoms with Crippen molar-refractivity contribution < 1.29 is 14.7 Å². The second kappa shape index (κ2) is 5.14. The van der Waals surface area contributed by atoms with Gasteiger partial charge in [-0.1, -0.05) is 6.92 Å². The van der Waals surface area contributed by atoms with E-state index in [9.17, 15) is 9.59 Å². The van der Waals surface area contributed by atoms with Crippen LogP contribution in [-0.2, 0) is 4.79 Å². The molecule has 0 radical (unpaired) electrons. The van der Waals surface area contributed by atoms with Crippen LogP contribution in [0.25, 0.3) is 0 Å². The summed E-state index contributed by atoms with van der Waals surface area (Å²) in [6.07, 6.45) is 2.69. The largest absolute Gasteiger partial charge is 0.478 e. The van der Waals surface area contributed by atoms with Crippen LogP contribution >= 0.6 is 0 Å². The normalized spacial score (nSPS) is 22.7. The summed E-state index contributed by atoms with van der Waals surface area (Å²) in [6, 6.07) is 1.40. The highest BCUT2D eigenvalue weighted by Crippen LogP contribution is 2.18. The summed E-state index contributed by atoms with van der Waals surface area (Å²) >= 11 is 0. The molecule has 0 spiro atoms. The summed E-state index contributed by atoms with van der Waals surface area (Å²) in [5.41, 5.74) is 0.476. The summed E-state index contributed by atoms with van der Waals surface area (Å²) in [4.78, 5) is 26.6. The number of hydrogen-bond donors (Lipinski definition) is 3. The fourth-order valence-electron chi connectivity index (χ4n) is 2.02. The number of hydrogen-bond acceptors (Lipinski definition) is 4. The number of carboxylic acids is 1. The number of anilines is 1. The molecule has 0 aromatic carbocycles. The van der Waals surface area contributed by atoms with Gasteiger partial charge in [0.15, 0.2) is 0 Å². The number of pyridine rings is 1. The average molecular weight is 249 g/mol. The van der Waals surface area contributed by atoms with E-state index in [0.29, 0.717) is 12.2 Å². The molecule has 6 heteroatoms. The molecule has 1 aromatic rings. The number of aromatic carboxylic acids is 1. The van der Waals surface area contributed by atoms with E-state index in [0.717, 1.165) is 6.54 Å². The van der Waals surface area contributed by atoms with E-state index in [4.69, 9.17) is 5.11 Å². The monoisotopic (exact) mass is 249 g/mol. The summed E-state index contributed by atoms with van der Waals surface area (Å²) in [7, 11) is 0. The molecule has 1 aliphatic heterocycles. The zero-order valence-corrected chi connectivity index (χ0v) is 10.0. The number of rotatable bonds is 3. The van der Waals surface area contributed by atoms with Crippen molar-refractivity contribution in [2.75, 3.05) is 18.4 Å². The number of carbonyl (C=O) groups is 2. The highest BCUT2D eigenvalue weighted by atomic mass is 16.4. The van der Waals surface area contributed by atoms with Crippen LogP contribution in [0, 0.1) is 11.8 Å². The van der Waals surface area contributed by atoms with Crippen molar-refractivity contribution in [3.05, 3.63) is 24.0 Å². The molecule has 6 nitrogen and oxygen atoms in total. The van der Waals surface area contributed by atoms with Crippen molar-refractivity contribution in [3.63, 3.8) is 0 Å². The average Bonchev–Trinajstić information content (AvgIpc) is 2.76. The fourth-order valence-corrected chi connectivity index (χ4v) is 2.02. The van der Waals surface area contributed by atoms with Gasteiger partial charge in [-0.3, -0.25) is 9.78 Å². The zero-order valence-electron chi connectivity index (χ0n) is 10.0. The molecule has 2 atom stereocenters. The van der Waals surface area contributed by atoms with Crippen LogP contribution in [0.3, 0.4) is 0 Å². The van der Waals surface area contributed by atoms with Crippen LogP contribution in [0.2, 0.25) is 0 Å². The van der Waals surface area contributed by atoms with Gasteiger partial charge in [0.1, 0.15) is 0 Å². The van der Waals surface area contributed by atoms with Crippen LogP contribution < -0.4 is 10.6 Å². The van der Waals surface area contributed by atoms with Crippen molar-refractivity contribution in [3.8, 4) is 0 Å². The Bertz CT molecular complexity index is 475. The molecule has 0 aliphatic carbocycles. The van der Waals surface area contributed by atoms with E-state index >= 15 is 0 Å². The van der Waals surface area contributed by atoms with Crippen molar-refractivity contribution in [1.82, 2.24) is 10.3 Å². The minimum Gasteiger partial charge on any atom is -0.478 e. The molecule has 18 heavy (non-hydrogen) atoms. The van der Waals surface area contributed by atoms with Crippen molar-refractivity contribution in [2.24, 2.45) is 11.8 Å². The smallest absolute Gasteiger partial charge is 0.337 e. The molecule has 1 saturated heterocycles. The Kier molecular flexibility index (Phi) is 3.57. The quantitative estimate of drug-likeness (QED) is 0.728. The Morgan fingerprint density at radius 1 is 1.44 bits per heavy atom. The first-order valence-electron chi connectivity index (χ1n) is 5.78. The SMILES string of the molecule is C[C@@H]1CNC[C@H]1C(=O)Nc1cncc(C(=O)O)c1. The van der Waals surface area contributed by atoms with Gasteiger partial charge >= 0.3 is 5.97 Å². The Morgan fingerprint density at radius 3 is 2.83 bits per heavy atom. The maximum absolute atomic E-state index is 12.0. The summed E-state index contributed by atoms with van der Waals surface area (Å²) in [5, 5.41) is 14.7. The third-order valence-electron chi connectivity index (χ3n) is 3.11. The van der Waals surface area contributed by atoms with E-state index in [1.54, 1.807) is 0 Å². The molecule has 3 N–H and O–H groups in total. The highest BCUT2D eigenvalue weighted by Gasteiger charge is 2.29. The molecule has 1 aromatic heterocycles. The number of amides is 1. The lowest BCUT2D eigenvalue weighted by molar-refractivity contribution is -0.120. The molecule has 2 rings (SSSR count). The van der Waals surface area contributed by atoms with Gasteiger partial charge < -0.3 is 15.7 Å². The maximum atomic E-state index is 12.0. The predicted octanol–water partition coefficient (Wildman–Crippen LogP) is 0.574. The summed E-state index contributed by atoms with van der Waals surface area (Å²) < 4.78 is 0. The lowest BCUT2D eigenvalue weighted by Gasteiger charge is -2.14. The topological polar surface area (TPSA) is 91.3 Å². The first kappa shape index (κ1) is 12.5. The summed E-state index contributed by atoms with van der Waals surface area (Å²) in [5.74, 6) is -0.967. The van der Waals surface area contributed by atoms with Gasteiger partial charge in [0.25, 0.3) is 0 Å². The molecular weight excluding hydrogens is 234 g/mol. The van der Waals surface area contributed by atoms with Crippen LogP contribution in [0.15, 0.2) is 18.5 Å². The van der Waals surface area contributed by atoms with Gasteiger partial charge in [-0.05, 0) is 18.5 Å². The molecular formula is C12H15N3O3. The van der Waals surface area contributed by atoms with Gasteiger partial charge in [-0.15, -0.1) is 0 Å². The van der Waals surface area contributed by atoms with E-state index in [2.05, 4.69) is 15.6 Å². The van der Waals surface area contributed by atoms with Gasteiger partial charge in [0.05, 0.1) is 23.4 Å². The molecule has 1 fully saturated rings. The number of carboxylic acid groups (broad SMARTS) is 1. The lowest BCUT2D eigenvalue weighted by atomic mass is 9.97. The predicted molar refractivity (Wildman–Crippen MR) is 65.3 cm³/mol. The number of nitrogens with zero attached hydrogens (tertiary/aromatic N) is 1. The maximum Gasteiger partial charge on any atom is 0.337 e. The first-order chi connectivity index (χ1) is 8.58. The zero-order chi connectivity index (χ0) is 13.1. The number of aromatic nitrogens is 1. The van der Waals surface area contributed by atoms with Crippen molar-refractivity contribution >= 4 is 17.6 Å². The van der Waals surface area contributed by atoms with Gasteiger partial charge in [0, 0.05) is 12.7 Å². The van der Waals surface area contributed by atoms with Crippen LogP contribution in [0.4, 0.5) is 5.69 Å². The standard InChI is InChI=1S/C12H15N3O3/c1-7-3-13-6-10(7)11(16)15-9-2-8(12(17)18)4-14-5-9/h2,4-5,7,10,13H,3,6H2,1H3,(H,15,16)(H,17,18)/t7-,10-/m1/s1. The Hall–Kier alpha value is -1.95. The van der Waals surface area contributed by atoms with Crippen LogP contribution in [0.1, 0.15) is 17.3 Å². The number of carbonyl (C=O) groups excluding carboxylic acids is 1. The Morgan fingerprint density at radius 2 is 2.22 bits per heavy atom. The van der Waals surface area contributed by atoms with E-state index in [1.165, 1.54) is 18.5 Å². The highest BCUT2D eigenvalue weighted by molar-refractivity contribution is 5.95. The molecule has 0 saturated carbocycles. The second-order valence-corrected chi connectivity index (χ2v) is 4.50. The van der Waals surface area contributed by atoms with Crippen LogP contribution in [0.5, 0.6) is 0 Å². The fraction of sp³-hybridized carbons (Fsp3) is 0.417. The molecule has 0 unspecified atom stereocenters. The van der Waals surface area contributed by atoms with Gasteiger partial charge in [-0.25, -0.2) is 4.79 Å². The summed E-state index contributed by atoms with van der Waals surface area (Å²) in [6.45, 7) is 3.49. The van der Waals surface area contributed by atoms with Crippen LogP contribution in [-0.4, -0.2) is 35.1 Å². The van der Waals surface area contributed by atoms with E-state index < -0.39 is 5.97 Å². The van der Waals surface area contributed by atoms with Crippen molar-refractivity contribution in [1.29, 1.82) is 0 Å². The second-order valence-electron chi connectivity index (χ2n) is 4.50. The minimum atomic E-state index is -1.06. The molecule has 1 amide bonds. The molecule has 0 bridgehead atoms. The van der Waals surface area contributed by atoms with Crippen molar-refractivity contribution in [2.45, 2.75) is 6.92 Å². The van der Waals surface area contributed by atoms with E-state index in [1.807, 2.05) is 6.92 Å². The third kappa shape index (κ3) is 2.65. The minimum absolute atomic E-state index is 0.0606. The number of nitrogens with one attached hydrogen (secondary N) is 2. The molecule has 2 heterocycles. The Labute approximate surface area is 104 Å². The lowest BCUT2D eigenvalue weighted by Crippen LogP contribution is -2.27. The van der Waals surface area contributed by atoms with Gasteiger partial charge in [0.2, 0.25) is 5.91 Å². The molecule has 96 valence electrons. The third-order valence-corrected chi connectivity index (χ3v) is 3.11. The molecule has 1 aliphatic rings.